The van der Waals surface area contributed by atoms with Gasteiger partial charge in [0.05, 0.1) is 14.2 Å². The van der Waals surface area contributed by atoms with Gasteiger partial charge < -0.3 is 18.8 Å². The van der Waals surface area contributed by atoms with Gasteiger partial charge in [-0.05, 0) is 24.3 Å². The molecule has 4 nitrogen and oxygen atoms in total. The summed E-state index contributed by atoms with van der Waals surface area (Å²) in [6.07, 6.45) is 0. The van der Waals surface area contributed by atoms with Gasteiger partial charge in [0, 0.05) is 12.1 Å². The Bertz CT molecular complexity index is 568. The van der Waals surface area contributed by atoms with Gasteiger partial charge in [-0.15, -0.1) is 0 Å². The second-order valence-electron chi connectivity index (χ2n) is 3.92. The van der Waals surface area contributed by atoms with Crippen molar-refractivity contribution >= 4 is 7.69 Å². The maximum absolute atomic E-state index is 13.4. The van der Waals surface area contributed by atoms with E-state index in [1.165, 1.54) is 38.5 Å². The molecule has 0 aliphatic rings. The number of hydrogen-bond acceptors (Lipinski definition) is 4. The summed E-state index contributed by atoms with van der Waals surface area (Å²) in [4.78, 5) is 0. The lowest BCUT2D eigenvalue weighted by Gasteiger charge is -2.09. The lowest BCUT2D eigenvalue weighted by atomic mass is 10.2. The van der Waals surface area contributed by atoms with Gasteiger partial charge in [0.25, 0.3) is 0 Å². The third-order valence-electron chi connectivity index (χ3n) is 2.61. The van der Waals surface area contributed by atoms with E-state index in [0.29, 0.717) is 0 Å². The molecule has 0 unspecified atom stereocenters. The first kappa shape index (κ1) is 15.0. The van der Waals surface area contributed by atoms with Crippen LogP contribution >= 0.6 is 0 Å². The van der Waals surface area contributed by atoms with Crippen LogP contribution < -0.4 is 18.8 Å². The normalized spacial score (nSPS) is 9.90. The number of halogens is 2. The molecule has 0 saturated carbocycles. The Morgan fingerprint density at radius 2 is 1.19 bits per heavy atom. The van der Waals surface area contributed by atoms with E-state index in [1.54, 1.807) is 0 Å². The molecule has 21 heavy (non-hydrogen) atoms. The smallest absolute Gasteiger partial charge is 0.526 e. The maximum atomic E-state index is 13.4. The first-order valence-electron chi connectivity index (χ1n) is 5.96. The number of hydrogen-bond donors (Lipinski definition) is 0. The third kappa shape index (κ3) is 3.78. The molecule has 2 rings (SSSR count). The molecule has 0 fully saturated rings. The fraction of sp³-hybridized carbons (Fsp3) is 0.143. The standard InChI is InChI=1S/C14H12BF2O4/c1-18-13-5-3-9(7-11(13)16)20-15-21-10-4-6-14(19-2)12(17)8-10/h3-8H,1-2H3. The zero-order chi connectivity index (χ0) is 15.2. The molecule has 0 aliphatic carbocycles. The van der Waals surface area contributed by atoms with E-state index >= 15 is 0 Å². The Morgan fingerprint density at radius 1 is 0.762 bits per heavy atom. The predicted molar refractivity (Wildman–Crippen MR) is 72.9 cm³/mol. The summed E-state index contributed by atoms with van der Waals surface area (Å²) >= 11 is 0. The summed E-state index contributed by atoms with van der Waals surface area (Å²) in [6.45, 7) is 0. The van der Waals surface area contributed by atoms with E-state index in [-0.39, 0.29) is 23.0 Å². The minimum absolute atomic E-state index is 0.112. The van der Waals surface area contributed by atoms with E-state index in [2.05, 4.69) is 0 Å². The molecule has 7 heteroatoms. The molecule has 2 aromatic carbocycles. The van der Waals surface area contributed by atoms with Crippen molar-refractivity contribution in [3.05, 3.63) is 48.0 Å². The Hall–Kier alpha value is -2.44. The van der Waals surface area contributed by atoms with E-state index in [4.69, 9.17) is 18.8 Å². The van der Waals surface area contributed by atoms with Crippen molar-refractivity contribution in [2.24, 2.45) is 0 Å². The highest BCUT2D eigenvalue weighted by Crippen LogP contribution is 2.23. The second kappa shape index (κ2) is 6.83. The van der Waals surface area contributed by atoms with Crippen molar-refractivity contribution in [2.45, 2.75) is 0 Å². The quantitative estimate of drug-likeness (QED) is 0.767. The Balaban J connectivity index is 1.92. The highest BCUT2D eigenvalue weighted by atomic mass is 19.1. The summed E-state index contributed by atoms with van der Waals surface area (Å²) in [5.74, 6) is -0.441. The van der Waals surface area contributed by atoms with E-state index < -0.39 is 11.6 Å². The van der Waals surface area contributed by atoms with Crippen LogP contribution in [-0.4, -0.2) is 21.9 Å². The topological polar surface area (TPSA) is 36.9 Å². The predicted octanol–water partition coefficient (Wildman–Crippen LogP) is 2.97. The lowest BCUT2D eigenvalue weighted by molar-refractivity contribution is 0.381. The molecule has 0 heterocycles. The van der Waals surface area contributed by atoms with Crippen LogP contribution in [0, 0.1) is 11.6 Å². The average molecular weight is 293 g/mol. The molecule has 2 aromatic rings. The van der Waals surface area contributed by atoms with E-state index in [0.717, 1.165) is 19.8 Å². The third-order valence-corrected chi connectivity index (χ3v) is 2.61. The van der Waals surface area contributed by atoms with Gasteiger partial charge in [0.1, 0.15) is 11.5 Å². The van der Waals surface area contributed by atoms with Gasteiger partial charge in [-0.25, -0.2) is 8.78 Å². The van der Waals surface area contributed by atoms with Gasteiger partial charge in [0.15, 0.2) is 23.1 Å². The minimum Gasteiger partial charge on any atom is -0.526 e. The lowest BCUT2D eigenvalue weighted by Crippen LogP contribution is -2.11. The van der Waals surface area contributed by atoms with Crippen molar-refractivity contribution in [1.82, 2.24) is 0 Å². The van der Waals surface area contributed by atoms with E-state index in [9.17, 15) is 8.78 Å². The number of rotatable bonds is 6. The second-order valence-corrected chi connectivity index (χ2v) is 3.92. The number of ether oxygens (including phenoxy) is 2. The fourth-order valence-corrected chi connectivity index (χ4v) is 1.58. The Kier molecular flexibility index (Phi) is 4.87. The van der Waals surface area contributed by atoms with Crippen LogP contribution in [0.2, 0.25) is 0 Å². The van der Waals surface area contributed by atoms with Gasteiger partial charge in [-0.2, -0.15) is 0 Å². The SMILES string of the molecule is COc1ccc(O[B]Oc2ccc(OC)c(F)c2)cc1F. The zero-order valence-electron chi connectivity index (χ0n) is 11.4. The first-order valence-corrected chi connectivity index (χ1v) is 5.96. The van der Waals surface area contributed by atoms with Crippen LogP contribution in [0.5, 0.6) is 23.0 Å². The van der Waals surface area contributed by atoms with Gasteiger partial charge in [-0.3, -0.25) is 0 Å². The van der Waals surface area contributed by atoms with Crippen LogP contribution in [0.4, 0.5) is 8.78 Å². The molecule has 109 valence electrons. The van der Waals surface area contributed by atoms with E-state index in [1.807, 2.05) is 0 Å². The molecule has 0 bridgehead atoms. The van der Waals surface area contributed by atoms with Crippen molar-refractivity contribution in [1.29, 1.82) is 0 Å². The molecular formula is C14H12BF2O4. The van der Waals surface area contributed by atoms with Crippen LogP contribution in [0.15, 0.2) is 36.4 Å². The highest BCUT2D eigenvalue weighted by molar-refractivity contribution is 6.20. The summed E-state index contributed by atoms with van der Waals surface area (Å²) < 4.78 is 46.6. The molecule has 1 radical (unpaired) electrons. The molecular weight excluding hydrogens is 281 g/mol. The monoisotopic (exact) mass is 293 g/mol. The van der Waals surface area contributed by atoms with Crippen molar-refractivity contribution in [2.75, 3.05) is 14.2 Å². The summed E-state index contributed by atoms with van der Waals surface area (Å²) in [6, 6.07) is 8.16. The summed E-state index contributed by atoms with van der Waals surface area (Å²) in [7, 11) is 3.71. The highest BCUT2D eigenvalue weighted by Gasteiger charge is 2.08. The van der Waals surface area contributed by atoms with Gasteiger partial charge >= 0.3 is 7.69 Å². The van der Waals surface area contributed by atoms with Gasteiger partial charge in [0.2, 0.25) is 0 Å². The van der Waals surface area contributed by atoms with Crippen LogP contribution in [-0.2, 0) is 0 Å². The zero-order valence-corrected chi connectivity index (χ0v) is 11.4. The minimum atomic E-state index is -0.557. The average Bonchev–Trinajstić information content (AvgIpc) is 2.48. The van der Waals surface area contributed by atoms with Crippen LogP contribution in [0.25, 0.3) is 0 Å². The Morgan fingerprint density at radius 3 is 1.52 bits per heavy atom. The van der Waals surface area contributed by atoms with Gasteiger partial charge in [-0.1, -0.05) is 0 Å². The number of benzene rings is 2. The molecule has 0 aliphatic heterocycles. The molecule has 0 N–H and O–H groups in total. The summed E-state index contributed by atoms with van der Waals surface area (Å²) in [5, 5.41) is 0. The van der Waals surface area contributed by atoms with Crippen LogP contribution in [0.3, 0.4) is 0 Å². The molecule has 0 spiro atoms. The molecule has 0 atom stereocenters. The van der Waals surface area contributed by atoms with Crippen molar-refractivity contribution in [3.8, 4) is 23.0 Å². The number of methoxy groups -OCH3 is 2. The largest absolute Gasteiger partial charge is 0.658 e. The molecule has 0 saturated heterocycles. The van der Waals surface area contributed by atoms with Crippen molar-refractivity contribution in [3.63, 3.8) is 0 Å². The molecule has 0 amide bonds. The van der Waals surface area contributed by atoms with Crippen LogP contribution in [0.1, 0.15) is 0 Å². The fourth-order valence-electron chi connectivity index (χ4n) is 1.58. The first-order chi connectivity index (χ1) is 10.1. The van der Waals surface area contributed by atoms with Crippen molar-refractivity contribution < 1.29 is 27.6 Å². The Labute approximate surface area is 121 Å². The molecule has 0 aromatic heterocycles. The summed E-state index contributed by atoms with van der Waals surface area (Å²) in [5.41, 5.74) is 0. The maximum Gasteiger partial charge on any atom is 0.658 e.